The third kappa shape index (κ3) is 74.1. The first-order chi connectivity index (χ1) is 47.9. The highest BCUT2D eigenvalue weighted by atomic mass is 31.2. The average molecular weight is 1450 g/mol. The van der Waals surface area contributed by atoms with Crippen molar-refractivity contribution < 1.29 is 80.2 Å². The molecule has 99 heavy (non-hydrogen) atoms. The predicted molar refractivity (Wildman–Crippen MR) is 405 cm³/mol. The molecule has 0 aromatic carbocycles. The van der Waals surface area contributed by atoms with Crippen LogP contribution >= 0.6 is 15.6 Å². The Labute approximate surface area is 607 Å². The fourth-order valence-electron chi connectivity index (χ4n) is 12.4. The maximum Gasteiger partial charge on any atom is 0.472 e. The van der Waals surface area contributed by atoms with Crippen LogP contribution in [0.2, 0.25) is 0 Å². The number of unbranched alkanes of at least 4 members (excludes halogenated alkanes) is 49. The second-order valence-corrected chi connectivity index (χ2v) is 32.7. The minimum absolute atomic E-state index is 0.106. The third-order valence-corrected chi connectivity index (χ3v) is 20.6. The minimum atomic E-state index is -4.96. The van der Waals surface area contributed by atoms with Crippen molar-refractivity contribution in [1.29, 1.82) is 0 Å². The van der Waals surface area contributed by atoms with E-state index in [4.69, 9.17) is 37.0 Å². The molecule has 0 aliphatic heterocycles. The van der Waals surface area contributed by atoms with Gasteiger partial charge in [-0.2, -0.15) is 0 Å². The fraction of sp³-hybridized carbons (Fsp3) is 0.950. The molecular formula is C80H156O17P2. The summed E-state index contributed by atoms with van der Waals surface area (Å²) in [5.74, 6) is -0.598. The Morgan fingerprint density at radius 3 is 0.687 bits per heavy atom. The van der Waals surface area contributed by atoms with E-state index in [1.165, 1.54) is 238 Å². The topological polar surface area (TPSA) is 237 Å². The zero-order valence-corrected chi connectivity index (χ0v) is 66.6. The lowest BCUT2D eigenvalue weighted by atomic mass is 10.0. The lowest BCUT2D eigenvalue weighted by Crippen LogP contribution is -2.30. The number of esters is 4. The van der Waals surface area contributed by atoms with E-state index in [-0.39, 0.29) is 25.7 Å². The molecule has 0 aliphatic rings. The lowest BCUT2D eigenvalue weighted by molar-refractivity contribution is -0.161. The van der Waals surface area contributed by atoms with E-state index in [0.29, 0.717) is 25.7 Å². The number of ether oxygens (including phenoxy) is 4. The molecule has 0 aromatic heterocycles. The monoisotopic (exact) mass is 1450 g/mol. The Kier molecular flexibility index (Phi) is 70.3. The number of phosphoric ester groups is 2. The third-order valence-electron chi connectivity index (χ3n) is 18.7. The van der Waals surface area contributed by atoms with Crippen LogP contribution in [-0.2, 0) is 65.4 Å². The van der Waals surface area contributed by atoms with Gasteiger partial charge in [-0.1, -0.05) is 369 Å². The van der Waals surface area contributed by atoms with Crippen molar-refractivity contribution >= 4 is 39.5 Å². The smallest absolute Gasteiger partial charge is 0.462 e. The maximum atomic E-state index is 13.1. The Hall–Kier alpha value is -1.94. The van der Waals surface area contributed by atoms with Gasteiger partial charge in [0, 0.05) is 25.7 Å². The molecule has 19 heteroatoms. The van der Waals surface area contributed by atoms with Crippen LogP contribution in [0.5, 0.6) is 0 Å². The van der Waals surface area contributed by atoms with Crippen molar-refractivity contribution in [3.05, 3.63) is 0 Å². The number of phosphoric acid groups is 2. The maximum absolute atomic E-state index is 13.1. The van der Waals surface area contributed by atoms with Crippen LogP contribution in [0.3, 0.4) is 0 Å². The van der Waals surface area contributed by atoms with E-state index in [2.05, 4.69) is 41.5 Å². The highest BCUT2D eigenvalue weighted by Crippen LogP contribution is 2.45. The number of rotatable bonds is 79. The lowest BCUT2D eigenvalue weighted by Gasteiger charge is -2.21. The first kappa shape index (κ1) is 97.1. The first-order valence-corrected chi connectivity index (χ1v) is 44.5. The summed E-state index contributed by atoms with van der Waals surface area (Å²) in [6.45, 7) is 9.62. The molecular weight excluding hydrogens is 1290 g/mol. The van der Waals surface area contributed by atoms with Gasteiger partial charge in [-0.25, -0.2) is 9.13 Å². The Morgan fingerprint density at radius 1 is 0.273 bits per heavy atom. The SMILES string of the molecule is CCCCCCCCCCCCCCCCCCCCC(=O)O[C@H](COC(=O)CCCCCCCCCCCCCCCCC)COP(=O)(O)OC[C@@H](O)COP(=O)(O)OC[C@@H](COC(=O)CCCCCCCCCCCCC(C)C)OC(=O)CCCCCCCCCCCCC(C)C. The van der Waals surface area contributed by atoms with Crippen LogP contribution in [0.25, 0.3) is 0 Å². The second-order valence-electron chi connectivity index (χ2n) is 29.8. The average Bonchev–Trinajstić information content (AvgIpc) is 1.17. The van der Waals surface area contributed by atoms with Gasteiger partial charge in [0.05, 0.1) is 26.4 Å². The number of aliphatic hydroxyl groups is 1. The van der Waals surface area contributed by atoms with Crippen LogP contribution in [0.15, 0.2) is 0 Å². The summed E-state index contributed by atoms with van der Waals surface area (Å²) in [6.07, 6.45) is 61.0. The highest BCUT2D eigenvalue weighted by molar-refractivity contribution is 7.47. The van der Waals surface area contributed by atoms with Crippen LogP contribution in [0.4, 0.5) is 0 Å². The number of aliphatic hydroxyl groups excluding tert-OH is 1. The van der Waals surface area contributed by atoms with Gasteiger partial charge in [0.25, 0.3) is 0 Å². The van der Waals surface area contributed by atoms with E-state index in [1.807, 2.05) is 0 Å². The molecule has 0 rings (SSSR count). The standard InChI is InChI=1S/C80H156O17P2/c1-7-9-11-13-15-17-19-21-23-24-25-27-29-31-40-46-52-58-64-79(84)96-75(68-90-77(82)62-56-50-44-38-30-28-26-22-20-18-16-14-12-10-8-2)70-94-98(86,87)92-66-74(81)67-93-99(88,89)95-71-76(97-80(85)65-59-53-47-41-35-33-37-43-49-55-61-73(5)6)69-91-78(83)63-57-51-45-39-34-32-36-42-48-54-60-72(3)4/h72-76,81H,7-71H2,1-6H3,(H,86,87)(H,88,89)/t74-,75-,76-/m1/s1. The van der Waals surface area contributed by atoms with Gasteiger partial charge in [-0.15, -0.1) is 0 Å². The number of hydrogen-bond acceptors (Lipinski definition) is 15. The Bertz CT molecular complexity index is 1910. The molecule has 0 saturated heterocycles. The fourth-order valence-corrected chi connectivity index (χ4v) is 13.9. The van der Waals surface area contributed by atoms with Crippen molar-refractivity contribution in [2.45, 2.75) is 439 Å². The minimum Gasteiger partial charge on any atom is -0.462 e. The van der Waals surface area contributed by atoms with Gasteiger partial charge >= 0.3 is 39.5 Å². The Morgan fingerprint density at radius 2 is 0.465 bits per heavy atom. The quantitative estimate of drug-likeness (QED) is 0.0222. The van der Waals surface area contributed by atoms with E-state index in [1.54, 1.807) is 0 Å². The second kappa shape index (κ2) is 71.7. The normalized spacial score (nSPS) is 13.9. The summed E-state index contributed by atoms with van der Waals surface area (Å²) in [7, 11) is -9.92. The summed E-state index contributed by atoms with van der Waals surface area (Å²) in [4.78, 5) is 73.0. The highest BCUT2D eigenvalue weighted by Gasteiger charge is 2.30. The summed E-state index contributed by atoms with van der Waals surface area (Å²) in [5, 5.41) is 10.6. The van der Waals surface area contributed by atoms with Crippen molar-refractivity contribution in [2.24, 2.45) is 11.8 Å². The van der Waals surface area contributed by atoms with Gasteiger partial charge in [-0.3, -0.25) is 37.3 Å². The van der Waals surface area contributed by atoms with Gasteiger partial charge in [0.1, 0.15) is 19.3 Å². The van der Waals surface area contributed by atoms with Crippen LogP contribution in [0, 0.1) is 11.8 Å². The van der Waals surface area contributed by atoms with Crippen molar-refractivity contribution in [1.82, 2.24) is 0 Å². The molecule has 2 unspecified atom stereocenters. The summed E-state index contributed by atoms with van der Waals surface area (Å²) >= 11 is 0. The molecule has 3 N–H and O–H groups in total. The number of hydrogen-bond donors (Lipinski definition) is 3. The van der Waals surface area contributed by atoms with E-state index in [9.17, 15) is 43.2 Å². The molecule has 5 atom stereocenters. The van der Waals surface area contributed by atoms with E-state index >= 15 is 0 Å². The van der Waals surface area contributed by atoms with Gasteiger partial charge in [-0.05, 0) is 37.5 Å². The molecule has 0 heterocycles. The predicted octanol–water partition coefficient (Wildman–Crippen LogP) is 23.9. The largest absolute Gasteiger partial charge is 0.472 e. The number of carbonyl (C=O) groups excluding carboxylic acids is 4. The van der Waals surface area contributed by atoms with Gasteiger partial charge in [0.15, 0.2) is 12.2 Å². The molecule has 0 saturated carbocycles. The first-order valence-electron chi connectivity index (χ1n) is 41.5. The van der Waals surface area contributed by atoms with Crippen LogP contribution < -0.4 is 0 Å². The van der Waals surface area contributed by atoms with E-state index < -0.39 is 97.5 Å². The zero-order chi connectivity index (χ0) is 72.8. The molecule has 0 amide bonds. The van der Waals surface area contributed by atoms with Crippen molar-refractivity contribution in [2.75, 3.05) is 39.6 Å². The summed E-state index contributed by atoms with van der Waals surface area (Å²) in [5.41, 5.74) is 0. The zero-order valence-electron chi connectivity index (χ0n) is 64.8. The molecule has 0 aliphatic carbocycles. The van der Waals surface area contributed by atoms with Gasteiger partial charge < -0.3 is 33.8 Å². The molecule has 588 valence electrons. The van der Waals surface area contributed by atoms with Gasteiger partial charge in [0.2, 0.25) is 0 Å². The summed E-state index contributed by atoms with van der Waals surface area (Å²) in [6, 6.07) is 0. The van der Waals surface area contributed by atoms with Crippen molar-refractivity contribution in [3.8, 4) is 0 Å². The Balaban J connectivity index is 5.26. The molecule has 0 aromatic rings. The number of carbonyl (C=O) groups is 4. The van der Waals surface area contributed by atoms with Crippen LogP contribution in [0.1, 0.15) is 420 Å². The van der Waals surface area contributed by atoms with Crippen molar-refractivity contribution in [3.63, 3.8) is 0 Å². The molecule has 0 radical (unpaired) electrons. The van der Waals surface area contributed by atoms with Crippen LogP contribution in [-0.4, -0.2) is 96.7 Å². The molecule has 0 fully saturated rings. The van der Waals surface area contributed by atoms with E-state index in [0.717, 1.165) is 102 Å². The summed E-state index contributed by atoms with van der Waals surface area (Å²) < 4.78 is 68.7. The molecule has 17 nitrogen and oxygen atoms in total. The molecule has 0 bridgehead atoms. The molecule has 0 spiro atoms.